The molecule has 0 bridgehead atoms. The van der Waals surface area contributed by atoms with E-state index in [-0.39, 0.29) is 5.56 Å². The molecular formula is C29H51NO6. The molecule has 0 amide bonds. The zero-order valence-electron chi connectivity index (χ0n) is 23.3. The normalized spacial score (nSPS) is 10.7. The molecule has 208 valence electrons. The molecule has 1 atom stereocenters. The van der Waals surface area contributed by atoms with Crippen molar-refractivity contribution in [2.24, 2.45) is 0 Å². The summed E-state index contributed by atoms with van der Waals surface area (Å²) in [5, 5.41) is 21.1. The standard InChI is InChI=1S/C21H31NO6.2C4H10/c1-2-3-4-5-6-7-8-9-14-22-17-12-10-16(11-13-17)20(26)28-21(27)18(23)15-19(24)25;2*1-3-4-2/h10-13,18,22-23H,2-9,14-15H2,1H3,(H,24,25);2*3-4H2,1-2H3. The fraction of sp³-hybridized carbons (Fsp3) is 0.690. The van der Waals surface area contributed by atoms with Crippen LogP contribution in [0.5, 0.6) is 0 Å². The van der Waals surface area contributed by atoms with Gasteiger partial charge in [-0.2, -0.15) is 0 Å². The molecule has 0 aromatic heterocycles. The molecule has 3 N–H and O–H groups in total. The number of unbranched alkanes of at least 4 members (excludes halogenated alkanes) is 9. The van der Waals surface area contributed by atoms with Gasteiger partial charge in [0, 0.05) is 12.2 Å². The Hall–Kier alpha value is -2.41. The van der Waals surface area contributed by atoms with Gasteiger partial charge in [0.05, 0.1) is 12.0 Å². The maximum absolute atomic E-state index is 11.9. The van der Waals surface area contributed by atoms with Crippen LogP contribution in [0, 0.1) is 0 Å². The quantitative estimate of drug-likeness (QED) is 0.121. The molecule has 0 fully saturated rings. The highest BCUT2D eigenvalue weighted by atomic mass is 16.6. The van der Waals surface area contributed by atoms with Crippen molar-refractivity contribution in [3.05, 3.63) is 29.8 Å². The summed E-state index contributed by atoms with van der Waals surface area (Å²) in [4.78, 5) is 33.8. The van der Waals surface area contributed by atoms with Gasteiger partial charge in [0.25, 0.3) is 0 Å². The van der Waals surface area contributed by atoms with Crippen LogP contribution < -0.4 is 5.32 Å². The summed E-state index contributed by atoms with van der Waals surface area (Å²) in [5.41, 5.74) is 1.00. The van der Waals surface area contributed by atoms with E-state index in [4.69, 9.17) is 5.11 Å². The number of aliphatic hydroxyl groups excluding tert-OH is 1. The fourth-order valence-electron chi connectivity index (χ4n) is 2.68. The molecule has 1 unspecified atom stereocenters. The van der Waals surface area contributed by atoms with Gasteiger partial charge in [-0.3, -0.25) is 4.79 Å². The molecule has 0 saturated heterocycles. The minimum Gasteiger partial charge on any atom is -0.481 e. The van der Waals surface area contributed by atoms with Crippen molar-refractivity contribution in [1.82, 2.24) is 0 Å². The molecule has 1 aromatic rings. The maximum Gasteiger partial charge on any atom is 0.345 e. The molecule has 7 nitrogen and oxygen atoms in total. The maximum atomic E-state index is 11.9. The van der Waals surface area contributed by atoms with Gasteiger partial charge in [0.1, 0.15) is 0 Å². The zero-order chi connectivity index (χ0) is 27.6. The van der Waals surface area contributed by atoms with Crippen molar-refractivity contribution < 1.29 is 29.3 Å². The van der Waals surface area contributed by atoms with Crippen LogP contribution in [0.15, 0.2) is 24.3 Å². The lowest BCUT2D eigenvalue weighted by atomic mass is 10.1. The number of hydrogen-bond donors (Lipinski definition) is 3. The zero-order valence-corrected chi connectivity index (χ0v) is 23.3. The topological polar surface area (TPSA) is 113 Å². The number of ether oxygens (including phenoxy) is 1. The molecule has 1 aromatic carbocycles. The highest BCUT2D eigenvalue weighted by molar-refractivity contribution is 5.98. The average Bonchev–Trinajstić information content (AvgIpc) is 2.87. The number of esters is 2. The van der Waals surface area contributed by atoms with Crippen molar-refractivity contribution in [1.29, 1.82) is 0 Å². The minimum atomic E-state index is -1.87. The van der Waals surface area contributed by atoms with Crippen LogP contribution in [0.25, 0.3) is 0 Å². The summed E-state index contributed by atoms with van der Waals surface area (Å²) in [6, 6.07) is 6.43. The average molecular weight is 510 g/mol. The van der Waals surface area contributed by atoms with E-state index in [1.54, 1.807) is 12.1 Å². The lowest BCUT2D eigenvalue weighted by molar-refractivity contribution is -0.153. The lowest BCUT2D eigenvalue weighted by Gasteiger charge is -2.09. The monoisotopic (exact) mass is 509 g/mol. The van der Waals surface area contributed by atoms with E-state index >= 15 is 0 Å². The van der Waals surface area contributed by atoms with Crippen molar-refractivity contribution in [2.75, 3.05) is 11.9 Å². The predicted molar refractivity (Wildman–Crippen MR) is 147 cm³/mol. The van der Waals surface area contributed by atoms with Gasteiger partial charge >= 0.3 is 17.9 Å². The summed E-state index contributed by atoms with van der Waals surface area (Å²) >= 11 is 0. The SMILES string of the molecule is CCCC.CCCC.CCCCCCCCCCNc1ccc(C(=O)OC(=O)C(O)CC(=O)O)cc1. The van der Waals surface area contributed by atoms with Gasteiger partial charge in [0.2, 0.25) is 0 Å². The van der Waals surface area contributed by atoms with Gasteiger partial charge in [0.15, 0.2) is 6.10 Å². The van der Waals surface area contributed by atoms with E-state index in [1.807, 2.05) is 0 Å². The molecule has 7 heteroatoms. The fourth-order valence-corrected chi connectivity index (χ4v) is 2.68. The number of anilines is 1. The third kappa shape index (κ3) is 22.1. The minimum absolute atomic E-state index is 0.147. The van der Waals surface area contributed by atoms with E-state index in [1.165, 1.54) is 82.8 Å². The first-order valence-corrected chi connectivity index (χ1v) is 13.8. The third-order valence-corrected chi connectivity index (χ3v) is 5.31. The van der Waals surface area contributed by atoms with Crippen molar-refractivity contribution in [3.63, 3.8) is 0 Å². The first-order chi connectivity index (χ1) is 17.3. The number of benzene rings is 1. The highest BCUT2D eigenvalue weighted by Crippen LogP contribution is 2.13. The number of carboxylic acids is 1. The number of rotatable bonds is 16. The number of nitrogens with one attached hydrogen (secondary N) is 1. The predicted octanol–water partition coefficient (Wildman–Crippen LogP) is 7.37. The number of carbonyl (C=O) groups is 3. The van der Waals surface area contributed by atoms with Crippen molar-refractivity contribution >= 4 is 23.6 Å². The number of hydrogen-bond acceptors (Lipinski definition) is 6. The van der Waals surface area contributed by atoms with Crippen molar-refractivity contribution in [2.45, 2.75) is 124 Å². The van der Waals surface area contributed by atoms with Crippen LogP contribution in [-0.4, -0.2) is 40.8 Å². The molecule has 1 rings (SSSR count). The summed E-state index contributed by atoms with van der Waals surface area (Å²) in [7, 11) is 0. The van der Waals surface area contributed by atoms with Crippen LogP contribution in [-0.2, 0) is 14.3 Å². The highest BCUT2D eigenvalue weighted by Gasteiger charge is 2.23. The first kappa shape index (κ1) is 35.8. The number of carboxylic acid groups (broad SMARTS) is 1. The third-order valence-electron chi connectivity index (χ3n) is 5.31. The second kappa shape index (κ2) is 25.7. The Balaban J connectivity index is 0. The van der Waals surface area contributed by atoms with Gasteiger partial charge in [-0.15, -0.1) is 0 Å². The van der Waals surface area contributed by atoms with Gasteiger partial charge in [-0.1, -0.05) is 105 Å². The van der Waals surface area contributed by atoms with E-state index in [0.717, 1.165) is 18.7 Å². The molecule has 0 radical (unpaired) electrons. The Bertz CT molecular complexity index is 667. The van der Waals surface area contributed by atoms with Crippen LogP contribution >= 0.6 is 0 Å². The van der Waals surface area contributed by atoms with E-state index in [9.17, 15) is 19.5 Å². The second-order valence-corrected chi connectivity index (χ2v) is 8.80. The smallest absolute Gasteiger partial charge is 0.345 e. The summed E-state index contributed by atoms with van der Waals surface area (Å²) in [6.45, 7) is 11.8. The summed E-state index contributed by atoms with van der Waals surface area (Å²) in [5.74, 6) is -3.56. The van der Waals surface area contributed by atoms with Crippen LogP contribution in [0.2, 0.25) is 0 Å². The molecule has 0 spiro atoms. The van der Waals surface area contributed by atoms with Crippen molar-refractivity contribution in [3.8, 4) is 0 Å². The molecule has 0 heterocycles. The van der Waals surface area contributed by atoms with E-state index in [2.05, 4.69) is 44.7 Å². The molecule has 0 saturated carbocycles. The lowest BCUT2D eigenvalue weighted by Crippen LogP contribution is -2.28. The molecule has 36 heavy (non-hydrogen) atoms. The Morgan fingerprint density at radius 3 is 1.67 bits per heavy atom. The Labute approximate surface area is 219 Å². The first-order valence-electron chi connectivity index (χ1n) is 13.8. The molecule has 0 aliphatic rings. The molecule has 0 aliphatic carbocycles. The summed E-state index contributed by atoms with van der Waals surface area (Å²) in [6.07, 6.45) is 12.6. The summed E-state index contributed by atoms with van der Waals surface area (Å²) < 4.78 is 4.49. The number of aliphatic carboxylic acids is 1. The van der Waals surface area contributed by atoms with Gasteiger partial charge < -0.3 is 20.3 Å². The van der Waals surface area contributed by atoms with Crippen LogP contribution in [0.1, 0.15) is 128 Å². The van der Waals surface area contributed by atoms with Crippen LogP contribution in [0.4, 0.5) is 5.69 Å². The van der Waals surface area contributed by atoms with Gasteiger partial charge in [-0.25, -0.2) is 9.59 Å². The number of carbonyl (C=O) groups excluding carboxylic acids is 2. The second-order valence-electron chi connectivity index (χ2n) is 8.80. The van der Waals surface area contributed by atoms with E-state index < -0.39 is 30.4 Å². The Kier molecular flexibility index (Phi) is 25.5. The van der Waals surface area contributed by atoms with Crippen LogP contribution in [0.3, 0.4) is 0 Å². The van der Waals surface area contributed by atoms with E-state index in [0.29, 0.717) is 0 Å². The van der Waals surface area contributed by atoms with Gasteiger partial charge in [-0.05, 0) is 30.7 Å². The Morgan fingerprint density at radius 1 is 0.750 bits per heavy atom. The molecule has 0 aliphatic heterocycles. The Morgan fingerprint density at radius 2 is 1.22 bits per heavy atom. The largest absolute Gasteiger partial charge is 0.481 e. The molecular weight excluding hydrogens is 458 g/mol. The number of aliphatic hydroxyl groups is 1.